The second kappa shape index (κ2) is 7.37. The molecular weight excluding hydrogens is 361 g/mol. The fraction of sp³-hybridized carbons (Fsp3) is 0.136. The number of amides is 1. The maximum Gasteiger partial charge on any atom is 0.225 e. The maximum absolute atomic E-state index is 14.3. The lowest BCUT2D eigenvalue weighted by Gasteiger charge is -2.24. The van der Waals surface area contributed by atoms with Crippen molar-refractivity contribution in [2.24, 2.45) is 0 Å². The number of fused-ring (bicyclic) bond motifs is 1. The standard InChI is InChI=1S/C22H18FNO2S/c1-2-11-26-15-9-7-14(8-10-15)17-12-20(25)24-21-18(13-27-22(17)21)16-5-3-4-6-19(16)23/h2-10,13,17H,1,11-12H2,(H,24,25)/t17-/m1/s1. The maximum atomic E-state index is 14.3. The molecule has 1 aliphatic rings. The molecule has 0 unspecified atom stereocenters. The van der Waals surface area contributed by atoms with Crippen molar-refractivity contribution < 1.29 is 13.9 Å². The molecule has 0 aliphatic carbocycles. The zero-order chi connectivity index (χ0) is 18.8. The molecule has 0 saturated heterocycles. The first-order valence-corrected chi connectivity index (χ1v) is 9.55. The normalized spacial score (nSPS) is 15.7. The summed E-state index contributed by atoms with van der Waals surface area (Å²) in [6.07, 6.45) is 2.07. The molecule has 0 radical (unpaired) electrons. The van der Waals surface area contributed by atoms with Crippen molar-refractivity contribution in [1.82, 2.24) is 0 Å². The van der Waals surface area contributed by atoms with E-state index in [1.807, 2.05) is 29.6 Å². The number of rotatable bonds is 5. The lowest BCUT2D eigenvalue weighted by atomic mass is 9.89. The van der Waals surface area contributed by atoms with E-state index < -0.39 is 0 Å². The number of carbonyl (C=O) groups excluding carboxylic acids is 1. The van der Waals surface area contributed by atoms with Crippen molar-refractivity contribution in [1.29, 1.82) is 0 Å². The first-order chi connectivity index (χ1) is 13.2. The molecule has 1 aliphatic heterocycles. The molecule has 0 bridgehead atoms. The van der Waals surface area contributed by atoms with Crippen molar-refractivity contribution in [2.75, 3.05) is 11.9 Å². The number of ether oxygens (including phenoxy) is 1. The SMILES string of the molecule is C=CCOc1ccc([C@H]2CC(=O)Nc3c(-c4ccccc4F)csc32)cc1. The largest absolute Gasteiger partial charge is 0.490 e. The van der Waals surface area contributed by atoms with Gasteiger partial charge in [-0.25, -0.2) is 4.39 Å². The quantitative estimate of drug-likeness (QED) is 0.587. The Morgan fingerprint density at radius 3 is 2.70 bits per heavy atom. The molecule has 1 aromatic heterocycles. The van der Waals surface area contributed by atoms with Crippen molar-refractivity contribution >= 4 is 22.9 Å². The fourth-order valence-corrected chi connectivity index (χ4v) is 4.48. The van der Waals surface area contributed by atoms with Crippen LogP contribution in [0, 0.1) is 5.82 Å². The molecule has 2 aromatic carbocycles. The van der Waals surface area contributed by atoms with E-state index in [1.165, 1.54) is 6.07 Å². The van der Waals surface area contributed by atoms with Gasteiger partial charge in [0.05, 0.1) is 5.69 Å². The Balaban J connectivity index is 1.71. The predicted molar refractivity (Wildman–Crippen MR) is 107 cm³/mol. The summed E-state index contributed by atoms with van der Waals surface area (Å²) < 4.78 is 19.8. The van der Waals surface area contributed by atoms with Crippen LogP contribution in [-0.2, 0) is 4.79 Å². The Hall–Kier alpha value is -2.92. The number of benzene rings is 2. The third kappa shape index (κ3) is 3.38. The van der Waals surface area contributed by atoms with Crippen molar-refractivity contribution in [3.8, 4) is 16.9 Å². The van der Waals surface area contributed by atoms with Gasteiger partial charge in [0, 0.05) is 33.7 Å². The molecule has 0 saturated carbocycles. The van der Waals surface area contributed by atoms with Crippen LogP contribution in [0.4, 0.5) is 10.1 Å². The Morgan fingerprint density at radius 1 is 1.19 bits per heavy atom. The van der Waals surface area contributed by atoms with Crippen molar-refractivity contribution in [3.05, 3.63) is 82.8 Å². The Bertz CT molecular complexity index is 994. The second-order valence-electron chi connectivity index (χ2n) is 6.34. The van der Waals surface area contributed by atoms with Gasteiger partial charge in [-0.15, -0.1) is 11.3 Å². The van der Waals surface area contributed by atoms with Gasteiger partial charge < -0.3 is 10.1 Å². The molecule has 4 rings (SSSR count). The molecule has 3 nitrogen and oxygen atoms in total. The van der Waals surface area contributed by atoms with Gasteiger partial charge in [-0.1, -0.05) is 43.0 Å². The summed E-state index contributed by atoms with van der Waals surface area (Å²) in [4.78, 5) is 13.4. The highest BCUT2D eigenvalue weighted by Gasteiger charge is 2.30. The summed E-state index contributed by atoms with van der Waals surface area (Å²) in [6, 6.07) is 14.4. The third-order valence-electron chi connectivity index (χ3n) is 4.60. The molecular formula is C22H18FNO2S. The van der Waals surface area contributed by atoms with E-state index in [2.05, 4.69) is 11.9 Å². The van der Waals surface area contributed by atoms with Gasteiger partial charge in [-0.3, -0.25) is 4.79 Å². The summed E-state index contributed by atoms with van der Waals surface area (Å²) >= 11 is 1.55. The lowest BCUT2D eigenvalue weighted by molar-refractivity contribution is -0.116. The highest BCUT2D eigenvalue weighted by Crippen LogP contribution is 2.47. The minimum atomic E-state index is -0.293. The minimum absolute atomic E-state index is 0.0484. The molecule has 136 valence electrons. The van der Waals surface area contributed by atoms with Crippen LogP contribution < -0.4 is 10.1 Å². The van der Waals surface area contributed by atoms with E-state index in [0.29, 0.717) is 18.6 Å². The Kier molecular flexibility index (Phi) is 4.77. The number of halogens is 1. The summed E-state index contributed by atoms with van der Waals surface area (Å²) in [6.45, 7) is 4.09. The zero-order valence-electron chi connectivity index (χ0n) is 14.6. The Morgan fingerprint density at radius 2 is 1.96 bits per heavy atom. The minimum Gasteiger partial charge on any atom is -0.490 e. The number of hydrogen-bond donors (Lipinski definition) is 1. The van der Waals surface area contributed by atoms with E-state index >= 15 is 0 Å². The number of carbonyl (C=O) groups is 1. The monoisotopic (exact) mass is 379 g/mol. The first-order valence-electron chi connectivity index (χ1n) is 8.67. The smallest absolute Gasteiger partial charge is 0.225 e. The van der Waals surface area contributed by atoms with Crippen molar-refractivity contribution in [3.63, 3.8) is 0 Å². The van der Waals surface area contributed by atoms with E-state index in [0.717, 1.165) is 27.4 Å². The third-order valence-corrected chi connectivity index (χ3v) is 5.70. The summed E-state index contributed by atoms with van der Waals surface area (Å²) in [5, 5.41) is 4.86. The van der Waals surface area contributed by atoms with E-state index in [-0.39, 0.29) is 17.6 Å². The van der Waals surface area contributed by atoms with Gasteiger partial charge in [0.25, 0.3) is 0 Å². The fourth-order valence-electron chi connectivity index (χ4n) is 3.33. The molecule has 1 N–H and O–H groups in total. The molecule has 1 amide bonds. The number of nitrogens with one attached hydrogen (secondary N) is 1. The number of anilines is 1. The molecule has 5 heteroatoms. The lowest BCUT2D eigenvalue weighted by Crippen LogP contribution is -2.22. The molecule has 0 fully saturated rings. The van der Waals surface area contributed by atoms with Gasteiger partial charge in [-0.2, -0.15) is 0 Å². The van der Waals surface area contributed by atoms with Crippen LogP contribution in [0.15, 0.2) is 66.6 Å². The summed E-state index contributed by atoms with van der Waals surface area (Å²) in [5.41, 5.74) is 3.00. The molecule has 3 aromatic rings. The predicted octanol–water partition coefficient (Wildman–Crippen LogP) is 5.59. The van der Waals surface area contributed by atoms with Crippen LogP contribution >= 0.6 is 11.3 Å². The van der Waals surface area contributed by atoms with Crippen LogP contribution in [0.2, 0.25) is 0 Å². The summed E-state index contributed by atoms with van der Waals surface area (Å²) in [7, 11) is 0. The average molecular weight is 379 g/mol. The van der Waals surface area contributed by atoms with Crippen LogP contribution in [0.5, 0.6) is 5.75 Å². The van der Waals surface area contributed by atoms with Crippen LogP contribution in [0.3, 0.4) is 0 Å². The number of thiophene rings is 1. The van der Waals surface area contributed by atoms with E-state index in [9.17, 15) is 9.18 Å². The number of hydrogen-bond acceptors (Lipinski definition) is 3. The van der Waals surface area contributed by atoms with Gasteiger partial charge in [0.1, 0.15) is 18.2 Å². The van der Waals surface area contributed by atoms with Gasteiger partial charge in [0.15, 0.2) is 0 Å². The molecule has 0 spiro atoms. The summed E-state index contributed by atoms with van der Waals surface area (Å²) in [5.74, 6) is 0.360. The second-order valence-corrected chi connectivity index (χ2v) is 7.25. The van der Waals surface area contributed by atoms with Gasteiger partial charge in [0.2, 0.25) is 5.91 Å². The highest BCUT2D eigenvalue weighted by molar-refractivity contribution is 7.11. The molecule has 27 heavy (non-hydrogen) atoms. The van der Waals surface area contributed by atoms with Crippen LogP contribution in [-0.4, -0.2) is 12.5 Å². The van der Waals surface area contributed by atoms with Crippen LogP contribution in [0.25, 0.3) is 11.1 Å². The van der Waals surface area contributed by atoms with Gasteiger partial charge >= 0.3 is 0 Å². The molecule has 1 atom stereocenters. The first kappa shape index (κ1) is 17.5. The molecule has 2 heterocycles. The Labute approximate surface area is 161 Å². The zero-order valence-corrected chi connectivity index (χ0v) is 15.4. The van der Waals surface area contributed by atoms with E-state index in [4.69, 9.17) is 4.74 Å². The average Bonchev–Trinajstić information content (AvgIpc) is 3.10. The van der Waals surface area contributed by atoms with Crippen molar-refractivity contribution in [2.45, 2.75) is 12.3 Å². The topological polar surface area (TPSA) is 38.3 Å². The highest BCUT2D eigenvalue weighted by atomic mass is 32.1. The van der Waals surface area contributed by atoms with E-state index in [1.54, 1.807) is 35.6 Å². The van der Waals surface area contributed by atoms with Gasteiger partial charge in [-0.05, 0) is 23.8 Å². The van der Waals surface area contributed by atoms with Crippen LogP contribution in [0.1, 0.15) is 22.8 Å².